The molecule has 0 fully saturated rings. The van der Waals surface area contributed by atoms with Gasteiger partial charge in [0.1, 0.15) is 5.75 Å². The van der Waals surface area contributed by atoms with E-state index in [1.165, 1.54) is 11.3 Å². The SMILES string of the molecule is Cc1ccc(C(=O)NCc2cscn2)c(O)c1. The number of phenolic OH excluding ortho intramolecular Hbond substituents is 1. The number of aryl methyl sites for hydroxylation is 1. The van der Waals surface area contributed by atoms with Crippen molar-refractivity contribution in [3.8, 4) is 5.75 Å². The number of carbonyl (C=O) groups excluding carboxylic acids is 1. The van der Waals surface area contributed by atoms with Gasteiger partial charge in [0.05, 0.1) is 23.3 Å². The molecule has 0 aliphatic carbocycles. The number of phenols is 1. The molecule has 0 bridgehead atoms. The van der Waals surface area contributed by atoms with Gasteiger partial charge in [-0.2, -0.15) is 0 Å². The topological polar surface area (TPSA) is 62.2 Å². The van der Waals surface area contributed by atoms with Crippen molar-refractivity contribution in [2.75, 3.05) is 0 Å². The first-order valence-corrected chi connectivity index (χ1v) is 6.06. The highest BCUT2D eigenvalue weighted by atomic mass is 32.1. The monoisotopic (exact) mass is 248 g/mol. The number of aromatic nitrogens is 1. The number of hydrogen-bond donors (Lipinski definition) is 2. The van der Waals surface area contributed by atoms with Gasteiger partial charge in [-0.1, -0.05) is 6.07 Å². The number of nitrogens with zero attached hydrogens (tertiary/aromatic N) is 1. The van der Waals surface area contributed by atoms with E-state index in [2.05, 4.69) is 10.3 Å². The molecule has 5 heteroatoms. The fraction of sp³-hybridized carbons (Fsp3) is 0.167. The van der Waals surface area contributed by atoms with Crippen molar-refractivity contribution in [2.24, 2.45) is 0 Å². The van der Waals surface area contributed by atoms with Gasteiger partial charge in [-0.3, -0.25) is 4.79 Å². The van der Waals surface area contributed by atoms with E-state index >= 15 is 0 Å². The summed E-state index contributed by atoms with van der Waals surface area (Å²) in [4.78, 5) is 15.8. The molecule has 0 radical (unpaired) electrons. The van der Waals surface area contributed by atoms with E-state index in [9.17, 15) is 9.90 Å². The Bertz CT molecular complexity index is 523. The Morgan fingerprint density at radius 2 is 2.35 bits per heavy atom. The van der Waals surface area contributed by atoms with Gasteiger partial charge in [-0.15, -0.1) is 11.3 Å². The molecule has 2 rings (SSSR count). The first kappa shape index (κ1) is 11.6. The number of benzene rings is 1. The van der Waals surface area contributed by atoms with Crippen LogP contribution in [0.15, 0.2) is 29.1 Å². The summed E-state index contributed by atoms with van der Waals surface area (Å²) in [6, 6.07) is 4.97. The van der Waals surface area contributed by atoms with Crippen molar-refractivity contribution in [3.63, 3.8) is 0 Å². The smallest absolute Gasteiger partial charge is 0.255 e. The second-order valence-corrected chi connectivity index (χ2v) is 4.40. The van der Waals surface area contributed by atoms with Crippen molar-refractivity contribution in [2.45, 2.75) is 13.5 Å². The molecular formula is C12H12N2O2S. The maximum atomic E-state index is 11.8. The van der Waals surface area contributed by atoms with Gasteiger partial charge < -0.3 is 10.4 Å². The molecule has 2 aromatic rings. The Morgan fingerprint density at radius 1 is 1.53 bits per heavy atom. The van der Waals surface area contributed by atoms with Crippen LogP contribution in [0.3, 0.4) is 0 Å². The summed E-state index contributed by atoms with van der Waals surface area (Å²) < 4.78 is 0. The summed E-state index contributed by atoms with van der Waals surface area (Å²) in [5.41, 5.74) is 3.73. The Balaban J connectivity index is 2.04. The number of carbonyl (C=O) groups is 1. The number of rotatable bonds is 3. The van der Waals surface area contributed by atoms with E-state index in [0.29, 0.717) is 6.54 Å². The van der Waals surface area contributed by atoms with Crippen LogP contribution >= 0.6 is 11.3 Å². The lowest BCUT2D eigenvalue weighted by Gasteiger charge is -2.06. The van der Waals surface area contributed by atoms with Gasteiger partial charge >= 0.3 is 0 Å². The van der Waals surface area contributed by atoms with Crippen molar-refractivity contribution in [1.82, 2.24) is 10.3 Å². The molecule has 1 amide bonds. The van der Waals surface area contributed by atoms with Crippen LogP contribution in [0, 0.1) is 6.92 Å². The lowest BCUT2D eigenvalue weighted by atomic mass is 10.1. The zero-order valence-electron chi connectivity index (χ0n) is 9.30. The predicted octanol–water partition coefficient (Wildman–Crippen LogP) is 2.09. The molecule has 0 atom stereocenters. The van der Waals surface area contributed by atoms with Crippen molar-refractivity contribution in [3.05, 3.63) is 45.9 Å². The predicted molar refractivity (Wildman–Crippen MR) is 66.1 cm³/mol. The molecule has 2 N–H and O–H groups in total. The molecule has 88 valence electrons. The van der Waals surface area contributed by atoms with Gasteiger partial charge in [0.25, 0.3) is 5.91 Å². The highest BCUT2D eigenvalue weighted by Crippen LogP contribution is 2.18. The van der Waals surface area contributed by atoms with E-state index in [-0.39, 0.29) is 17.2 Å². The molecular weight excluding hydrogens is 236 g/mol. The van der Waals surface area contributed by atoms with Gasteiger partial charge in [0.2, 0.25) is 0 Å². The average molecular weight is 248 g/mol. The van der Waals surface area contributed by atoms with Crippen LogP contribution in [-0.4, -0.2) is 16.0 Å². The van der Waals surface area contributed by atoms with Gasteiger partial charge in [-0.05, 0) is 24.6 Å². The molecule has 1 aromatic carbocycles. The first-order chi connectivity index (χ1) is 8.16. The van der Waals surface area contributed by atoms with Crippen molar-refractivity contribution >= 4 is 17.2 Å². The molecule has 0 unspecified atom stereocenters. The summed E-state index contributed by atoms with van der Waals surface area (Å²) in [5.74, 6) is -0.295. The lowest BCUT2D eigenvalue weighted by molar-refractivity contribution is 0.0948. The summed E-state index contributed by atoms with van der Waals surface area (Å²) in [6.45, 7) is 2.23. The van der Waals surface area contributed by atoms with E-state index in [1.54, 1.807) is 23.7 Å². The van der Waals surface area contributed by atoms with Crippen LogP contribution in [0.4, 0.5) is 0 Å². The van der Waals surface area contributed by atoms with Crippen LogP contribution in [-0.2, 0) is 6.54 Å². The normalized spacial score (nSPS) is 10.2. The molecule has 17 heavy (non-hydrogen) atoms. The number of hydrogen-bond acceptors (Lipinski definition) is 4. The maximum Gasteiger partial charge on any atom is 0.255 e. The van der Waals surface area contributed by atoms with E-state index in [4.69, 9.17) is 0 Å². The molecule has 0 saturated carbocycles. The second kappa shape index (κ2) is 4.97. The fourth-order valence-electron chi connectivity index (χ4n) is 1.42. The molecule has 0 spiro atoms. The van der Waals surface area contributed by atoms with Crippen LogP contribution in [0.1, 0.15) is 21.6 Å². The van der Waals surface area contributed by atoms with Crippen LogP contribution < -0.4 is 5.32 Å². The maximum absolute atomic E-state index is 11.8. The largest absolute Gasteiger partial charge is 0.507 e. The van der Waals surface area contributed by atoms with E-state index < -0.39 is 0 Å². The van der Waals surface area contributed by atoms with Crippen LogP contribution in [0.5, 0.6) is 5.75 Å². The van der Waals surface area contributed by atoms with Crippen molar-refractivity contribution in [1.29, 1.82) is 0 Å². The highest BCUT2D eigenvalue weighted by molar-refractivity contribution is 7.07. The fourth-order valence-corrected chi connectivity index (χ4v) is 1.98. The number of thiazole rings is 1. The zero-order valence-corrected chi connectivity index (χ0v) is 10.1. The Hall–Kier alpha value is -1.88. The minimum atomic E-state index is -0.296. The lowest BCUT2D eigenvalue weighted by Crippen LogP contribution is -2.23. The zero-order chi connectivity index (χ0) is 12.3. The quantitative estimate of drug-likeness (QED) is 0.874. The van der Waals surface area contributed by atoms with Crippen LogP contribution in [0.2, 0.25) is 0 Å². The molecule has 0 saturated heterocycles. The minimum absolute atomic E-state index is 0.000720. The Labute approximate surface area is 103 Å². The summed E-state index contributed by atoms with van der Waals surface area (Å²) in [7, 11) is 0. The minimum Gasteiger partial charge on any atom is -0.507 e. The number of amides is 1. The van der Waals surface area contributed by atoms with Gasteiger partial charge in [-0.25, -0.2) is 4.98 Å². The average Bonchev–Trinajstić information content (AvgIpc) is 2.78. The first-order valence-electron chi connectivity index (χ1n) is 5.11. The van der Waals surface area contributed by atoms with Gasteiger partial charge in [0, 0.05) is 5.38 Å². The van der Waals surface area contributed by atoms with E-state index in [1.807, 2.05) is 12.3 Å². The number of nitrogens with one attached hydrogen (secondary N) is 1. The molecule has 0 aliphatic rings. The molecule has 4 nitrogen and oxygen atoms in total. The third-order valence-electron chi connectivity index (χ3n) is 2.31. The van der Waals surface area contributed by atoms with Crippen molar-refractivity contribution < 1.29 is 9.90 Å². The van der Waals surface area contributed by atoms with E-state index in [0.717, 1.165) is 11.3 Å². The second-order valence-electron chi connectivity index (χ2n) is 3.68. The number of aromatic hydroxyl groups is 1. The molecule has 0 aliphatic heterocycles. The Morgan fingerprint density at radius 3 is 3.00 bits per heavy atom. The third kappa shape index (κ3) is 2.82. The summed E-state index contributed by atoms with van der Waals surface area (Å²) in [6.07, 6.45) is 0. The third-order valence-corrected chi connectivity index (χ3v) is 2.95. The van der Waals surface area contributed by atoms with Crippen LogP contribution in [0.25, 0.3) is 0 Å². The molecule has 1 aromatic heterocycles. The Kier molecular flexibility index (Phi) is 3.39. The standard InChI is InChI=1S/C12H12N2O2S/c1-8-2-3-10(11(15)4-8)12(16)13-5-9-6-17-7-14-9/h2-4,6-7,15H,5H2,1H3,(H,13,16). The molecule has 1 heterocycles. The van der Waals surface area contributed by atoms with Gasteiger partial charge in [0.15, 0.2) is 0 Å². The summed E-state index contributed by atoms with van der Waals surface area (Å²) in [5, 5.41) is 14.2. The highest BCUT2D eigenvalue weighted by Gasteiger charge is 2.10. The summed E-state index contributed by atoms with van der Waals surface area (Å²) >= 11 is 1.48.